The Morgan fingerprint density at radius 3 is 2.80 bits per heavy atom. The molecule has 1 atom stereocenters. The van der Waals surface area contributed by atoms with Crippen LogP contribution in [0.4, 0.5) is 0 Å². The van der Waals surface area contributed by atoms with E-state index in [-0.39, 0.29) is 11.7 Å². The summed E-state index contributed by atoms with van der Waals surface area (Å²) in [5.41, 5.74) is 1.09. The molecule has 2 aromatic heterocycles. The minimum atomic E-state index is -0.977. The second kappa shape index (κ2) is 5.72. The zero-order valence-electron chi connectivity index (χ0n) is 11.0. The molecule has 1 aliphatic rings. The summed E-state index contributed by atoms with van der Waals surface area (Å²) in [6.07, 6.45) is 7.03. The van der Waals surface area contributed by atoms with E-state index in [9.17, 15) is 4.79 Å². The monoisotopic (exact) mass is 292 g/mol. The molecule has 2 N–H and O–H groups in total. The maximum absolute atomic E-state index is 11.0. The first kappa shape index (κ1) is 13.3. The van der Waals surface area contributed by atoms with Gasteiger partial charge < -0.3 is 10.1 Å². The molecule has 20 heavy (non-hydrogen) atoms. The Balaban J connectivity index is 1.93. The van der Waals surface area contributed by atoms with Gasteiger partial charge in [0, 0.05) is 11.6 Å². The number of aromatic amines is 1. The number of hydrogen-bond donors (Lipinski definition) is 2. The van der Waals surface area contributed by atoms with Crippen LogP contribution >= 0.6 is 11.3 Å². The summed E-state index contributed by atoms with van der Waals surface area (Å²) in [7, 11) is 0. The van der Waals surface area contributed by atoms with Crippen LogP contribution in [0.2, 0.25) is 0 Å². The molecule has 0 amide bonds. The third kappa shape index (κ3) is 2.59. The fourth-order valence-corrected chi connectivity index (χ4v) is 3.53. The highest BCUT2D eigenvalue weighted by Crippen LogP contribution is 2.31. The van der Waals surface area contributed by atoms with E-state index in [0.717, 1.165) is 23.8 Å². The first-order valence-corrected chi connectivity index (χ1v) is 7.54. The molecule has 7 heteroatoms. The number of nitrogens with zero attached hydrogens (tertiary/aromatic N) is 3. The summed E-state index contributed by atoms with van der Waals surface area (Å²) in [4.78, 5) is 24.9. The molecule has 1 aliphatic heterocycles. The number of likely N-dealkylation sites (tertiary alicyclic amines) is 1. The number of nitrogens with one attached hydrogen (secondary N) is 1. The van der Waals surface area contributed by atoms with Crippen molar-refractivity contribution in [1.29, 1.82) is 0 Å². The zero-order valence-corrected chi connectivity index (χ0v) is 11.8. The number of imidazole rings is 1. The topological polar surface area (TPSA) is 82.1 Å². The number of aromatic nitrogens is 3. The van der Waals surface area contributed by atoms with Crippen molar-refractivity contribution >= 4 is 17.3 Å². The molecule has 0 spiro atoms. The van der Waals surface area contributed by atoms with E-state index in [2.05, 4.69) is 19.9 Å². The van der Waals surface area contributed by atoms with E-state index in [4.69, 9.17) is 5.11 Å². The van der Waals surface area contributed by atoms with Gasteiger partial charge in [0.1, 0.15) is 11.0 Å². The van der Waals surface area contributed by atoms with Gasteiger partial charge in [-0.25, -0.2) is 14.8 Å². The van der Waals surface area contributed by atoms with E-state index in [1.807, 2.05) is 0 Å². The van der Waals surface area contributed by atoms with Gasteiger partial charge in [0.25, 0.3) is 0 Å². The molecular weight excluding hydrogens is 276 g/mol. The Morgan fingerprint density at radius 1 is 1.40 bits per heavy atom. The molecule has 0 aromatic carbocycles. The number of carbonyl (C=O) groups is 1. The SMILES string of the molecule is O=C(O)c1csc(C(c2cnc[nH]2)N2CCCCC2)n1. The van der Waals surface area contributed by atoms with Gasteiger partial charge >= 0.3 is 5.97 Å². The third-order valence-corrected chi connectivity index (χ3v) is 4.44. The number of carboxylic acids is 1. The van der Waals surface area contributed by atoms with Crippen LogP contribution in [0.15, 0.2) is 17.9 Å². The Kier molecular flexibility index (Phi) is 3.79. The van der Waals surface area contributed by atoms with Gasteiger partial charge in [-0.1, -0.05) is 6.42 Å². The van der Waals surface area contributed by atoms with Gasteiger partial charge in [-0.05, 0) is 25.9 Å². The third-order valence-electron chi connectivity index (χ3n) is 3.54. The first-order valence-electron chi connectivity index (χ1n) is 6.67. The zero-order chi connectivity index (χ0) is 13.9. The lowest BCUT2D eigenvalue weighted by atomic mass is 10.1. The molecule has 0 aliphatic carbocycles. The Labute approximate surface area is 120 Å². The average Bonchev–Trinajstić information content (AvgIpc) is 3.12. The van der Waals surface area contributed by atoms with Crippen LogP contribution in [-0.4, -0.2) is 44.0 Å². The Bertz CT molecular complexity index is 575. The van der Waals surface area contributed by atoms with Crippen molar-refractivity contribution in [3.63, 3.8) is 0 Å². The maximum atomic E-state index is 11.0. The summed E-state index contributed by atoms with van der Waals surface area (Å²) in [5.74, 6) is -0.977. The number of rotatable bonds is 4. The lowest BCUT2D eigenvalue weighted by molar-refractivity contribution is 0.0690. The smallest absolute Gasteiger partial charge is 0.355 e. The lowest BCUT2D eigenvalue weighted by Crippen LogP contribution is -2.34. The highest BCUT2D eigenvalue weighted by Gasteiger charge is 2.28. The van der Waals surface area contributed by atoms with Crippen molar-refractivity contribution in [2.45, 2.75) is 25.3 Å². The van der Waals surface area contributed by atoms with Crippen molar-refractivity contribution in [2.75, 3.05) is 13.1 Å². The summed E-state index contributed by atoms with van der Waals surface area (Å²) in [6, 6.07) is -0.0177. The van der Waals surface area contributed by atoms with E-state index in [1.165, 1.54) is 30.6 Å². The minimum Gasteiger partial charge on any atom is -0.476 e. The molecule has 6 nitrogen and oxygen atoms in total. The van der Waals surface area contributed by atoms with E-state index >= 15 is 0 Å². The number of hydrogen-bond acceptors (Lipinski definition) is 5. The normalized spacial score (nSPS) is 18.0. The molecule has 0 radical (unpaired) electrons. The molecule has 2 aromatic rings. The highest BCUT2D eigenvalue weighted by atomic mass is 32.1. The van der Waals surface area contributed by atoms with Crippen LogP contribution in [0.25, 0.3) is 0 Å². The van der Waals surface area contributed by atoms with Crippen molar-refractivity contribution in [2.24, 2.45) is 0 Å². The molecule has 0 saturated carbocycles. The van der Waals surface area contributed by atoms with Gasteiger partial charge in [-0.3, -0.25) is 4.90 Å². The quantitative estimate of drug-likeness (QED) is 0.902. The van der Waals surface area contributed by atoms with Crippen LogP contribution in [0.1, 0.15) is 46.5 Å². The summed E-state index contributed by atoms with van der Waals surface area (Å²) >= 11 is 1.40. The fourth-order valence-electron chi connectivity index (χ4n) is 2.59. The summed E-state index contributed by atoms with van der Waals surface area (Å²) in [5, 5.41) is 11.4. The van der Waals surface area contributed by atoms with Crippen LogP contribution in [0.5, 0.6) is 0 Å². The molecular formula is C13H16N4O2S. The van der Waals surface area contributed by atoms with Crippen molar-refractivity contribution in [1.82, 2.24) is 19.9 Å². The fraction of sp³-hybridized carbons (Fsp3) is 0.462. The molecule has 3 rings (SSSR count). The largest absolute Gasteiger partial charge is 0.476 e. The summed E-state index contributed by atoms with van der Waals surface area (Å²) in [6.45, 7) is 2.01. The Morgan fingerprint density at radius 2 is 2.20 bits per heavy atom. The first-order chi connectivity index (χ1) is 9.75. The molecule has 0 bridgehead atoms. The number of aromatic carboxylic acids is 1. The van der Waals surface area contributed by atoms with Crippen LogP contribution < -0.4 is 0 Å². The second-order valence-electron chi connectivity index (χ2n) is 4.88. The number of carboxylic acid groups (broad SMARTS) is 1. The van der Waals surface area contributed by atoms with Gasteiger partial charge in [0.05, 0.1) is 12.0 Å². The minimum absolute atomic E-state index is 0.0177. The van der Waals surface area contributed by atoms with Crippen molar-refractivity contribution < 1.29 is 9.90 Å². The Hall–Kier alpha value is -1.73. The molecule has 1 unspecified atom stereocenters. The van der Waals surface area contributed by atoms with E-state index in [1.54, 1.807) is 17.9 Å². The molecule has 106 valence electrons. The number of H-pyrrole nitrogens is 1. The van der Waals surface area contributed by atoms with Gasteiger partial charge in [0.2, 0.25) is 0 Å². The predicted molar refractivity (Wildman–Crippen MR) is 74.9 cm³/mol. The lowest BCUT2D eigenvalue weighted by Gasteiger charge is -2.32. The molecule has 1 saturated heterocycles. The number of thiazole rings is 1. The molecule has 3 heterocycles. The standard InChI is InChI=1S/C13H16N4O2S/c18-13(19)10-7-20-12(16-10)11(9-6-14-8-15-9)17-4-2-1-3-5-17/h6-8,11H,1-5H2,(H,14,15)(H,18,19). The van der Waals surface area contributed by atoms with Gasteiger partial charge in [0.15, 0.2) is 5.69 Å². The maximum Gasteiger partial charge on any atom is 0.355 e. The van der Waals surface area contributed by atoms with Crippen LogP contribution in [0.3, 0.4) is 0 Å². The van der Waals surface area contributed by atoms with Gasteiger partial charge in [-0.15, -0.1) is 11.3 Å². The van der Waals surface area contributed by atoms with Crippen molar-refractivity contribution in [3.05, 3.63) is 34.3 Å². The second-order valence-corrected chi connectivity index (χ2v) is 5.77. The average molecular weight is 292 g/mol. The van der Waals surface area contributed by atoms with Crippen LogP contribution in [-0.2, 0) is 0 Å². The van der Waals surface area contributed by atoms with E-state index in [0.29, 0.717) is 0 Å². The van der Waals surface area contributed by atoms with E-state index < -0.39 is 5.97 Å². The molecule has 1 fully saturated rings. The number of piperidine rings is 1. The van der Waals surface area contributed by atoms with Crippen molar-refractivity contribution in [3.8, 4) is 0 Å². The van der Waals surface area contributed by atoms with Crippen LogP contribution in [0, 0.1) is 0 Å². The van der Waals surface area contributed by atoms with Gasteiger partial charge in [-0.2, -0.15) is 0 Å². The summed E-state index contributed by atoms with van der Waals surface area (Å²) < 4.78 is 0. The predicted octanol–water partition coefficient (Wildman–Crippen LogP) is 2.14. The highest BCUT2D eigenvalue weighted by molar-refractivity contribution is 7.09.